The van der Waals surface area contributed by atoms with Crippen molar-refractivity contribution in [1.82, 2.24) is 9.99 Å². The van der Waals surface area contributed by atoms with E-state index in [2.05, 4.69) is 47.0 Å². The van der Waals surface area contributed by atoms with Gasteiger partial charge in [-0.1, -0.05) is 24.3 Å². The van der Waals surface area contributed by atoms with Gasteiger partial charge in [0.15, 0.2) is 0 Å². The molecule has 168 valence electrons. The molecule has 32 heavy (non-hydrogen) atoms. The van der Waals surface area contributed by atoms with Crippen molar-refractivity contribution in [3.63, 3.8) is 0 Å². The lowest BCUT2D eigenvalue weighted by molar-refractivity contribution is -0.119. The van der Waals surface area contributed by atoms with Crippen LogP contribution in [0.15, 0.2) is 68.6 Å². The second-order valence-corrected chi connectivity index (χ2v) is 10.7. The molecule has 1 amide bonds. The quantitative estimate of drug-likeness (QED) is 0.328. The van der Waals surface area contributed by atoms with Crippen LogP contribution in [-0.2, 0) is 14.8 Å². The fourth-order valence-electron chi connectivity index (χ4n) is 3.30. The molecule has 7 nitrogen and oxygen atoms in total. The van der Waals surface area contributed by atoms with Crippen molar-refractivity contribution in [1.29, 1.82) is 0 Å². The number of benzene rings is 2. The molecular weight excluding hydrogens is 560 g/mol. The van der Waals surface area contributed by atoms with E-state index in [-0.39, 0.29) is 0 Å². The van der Waals surface area contributed by atoms with Crippen molar-refractivity contribution < 1.29 is 13.2 Å². The summed E-state index contributed by atoms with van der Waals surface area (Å²) in [7, 11) is -3.67. The Morgan fingerprint density at radius 1 is 1.09 bits per heavy atom. The molecule has 10 heteroatoms. The van der Waals surface area contributed by atoms with Gasteiger partial charge in [-0.05, 0) is 76.0 Å². The van der Waals surface area contributed by atoms with Crippen molar-refractivity contribution >= 4 is 59.7 Å². The first-order chi connectivity index (χ1) is 15.1. The van der Waals surface area contributed by atoms with Gasteiger partial charge < -0.3 is 4.57 Å². The number of nitrogens with zero attached hydrogens (tertiary/aromatic N) is 3. The van der Waals surface area contributed by atoms with Gasteiger partial charge >= 0.3 is 0 Å². The number of carbonyl (C=O) groups excluding carboxylic acids is 1. The summed E-state index contributed by atoms with van der Waals surface area (Å²) in [6.45, 7) is 3.56. The monoisotopic (exact) mass is 580 g/mol. The zero-order valence-corrected chi connectivity index (χ0v) is 21.7. The third-order valence-corrected chi connectivity index (χ3v) is 7.23. The van der Waals surface area contributed by atoms with E-state index in [1.54, 1.807) is 30.5 Å². The molecule has 0 fully saturated rings. The minimum absolute atomic E-state index is 0.381. The van der Waals surface area contributed by atoms with Gasteiger partial charge in [-0.15, -0.1) is 0 Å². The SMILES string of the molecule is Cc1cc(C=NNC(=O)CN(c2ccccc2Br)S(C)(=O)=O)c(C)n1-c1ccccc1Br. The lowest BCUT2D eigenvalue weighted by atomic mass is 10.2. The highest BCUT2D eigenvalue weighted by atomic mass is 79.9. The number of nitrogens with one attached hydrogen (secondary N) is 1. The predicted octanol–water partition coefficient (Wildman–Crippen LogP) is 4.54. The fourth-order valence-corrected chi connectivity index (χ4v) is 5.24. The van der Waals surface area contributed by atoms with Crippen molar-refractivity contribution in [2.45, 2.75) is 13.8 Å². The van der Waals surface area contributed by atoms with Gasteiger partial charge in [0.05, 0.1) is 23.8 Å². The Morgan fingerprint density at radius 2 is 1.72 bits per heavy atom. The van der Waals surface area contributed by atoms with Gasteiger partial charge in [0, 0.05) is 25.9 Å². The van der Waals surface area contributed by atoms with Crippen LogP contribution in [0.1, 0.15) is 17.0 Å². The van der Waals surface area contributed by atoms with Crippen LogP contribution in [0.3, 0.4) is 0 Å². The largest absolute Gasteiger partial charge is 0.317 e. The number of sulfonamides is 1. The van der Waals surface area contributed by atoms with Crippen LogP contribution < -0.4 is 9.73 Å². The van der Waals surface area contributed by atoms with E-state index in [1.165, 1.54) is 0 Å². The van der Waals surface area contributed by atoms with Gasteiger partial charge in [0.25, 0.3) is 5.91 Å². The number of anilines is 1. The zero-order chi connectivity index (χ0) is 23.5. The molecule has 1 N–H and O–H groups in total. The lowest BCUT2D eigenvalue weighted by Gasteiger charge is -2.22. The Kier molecular flexibility index (Phi) is 7.58. The summed E-state index contributed by atoms with van der Waals surface area (Å²) >= 11 is 6.91. The maximum atomic E-state index is 12.4. The lowest BCUT2D eigenvalue weighted by Crippen LogP contribution is -2.39. The fraction of sp³-hybridized carbons (Fsp3) is 0.182. The standard InChI is InChI=1S/C22H22Br2N4O3S/c1-15-12-17(16(2)28(15)21-11-7-5-9-19(21)24)13-25-26-22(29)14-27(32(3,30)31)20-10-6-4-8-18(20)23/h4-13H,14H2,1-3H3,(H,26,29). The number of hydrogen-bond donors (Lipinski definition) is 1. The molecule has 0 saturated heterocycles. The molecule has 3 rings (SSSR count). The minimum Gasteiger partial charge on any atom is -0.317 e. The van der Waals surface area contributed by atoms with Crippen LogP contribution in [-0.4, -0.2) is 37.9 Å². The number of aromatic nitrogens is 1. The molecule has 1 aromatic heterocycles. The highest BCUT2D eigenvalue weighted by Gasteiger charge is 2.22. The Labute approximate surface area is 204 Å². The Bertz CT molecular complexity index is 1290. The molecule has 0 saturated carbocycles. The van der Waals surface area contributed by atoms with E-state index in [1.807, 2.05) is 44.2 Å². The normalized spacial score (nSPS) is 11.7. The molecule has 0 aliphatic carbocycles. The van der Waals surface area contributed by atoms with Crippen molar-refractivity contribution in [3.05, 3.63) is 80.5 Å². The first-order valence-electron chi connectivity index (χ1n) is 9.57. The number of aryl methyl sites for hydroxylation is 1. The molecule has 2 aromatic carbocycles. The molecule has 0 spiro atoms. The topological polar surface area (TPSA) is 83.8 Å². The Hall–Kier alpha value is -2.43. The van der Waals surface area contributed by atoms with Crippen molar-refractivity contribution in [3.8, 4) is 5.69 Å². The van der Waals surface area contributed by atoms with E-state index in [0.717, 1.165) is 37.7 Å². The van der Waals surface area contributed by atoms with E-state index >= 15 is 0 Å². The number of halogens is 2. The van der Waals surface area contributed by atoms with Gasteiger partial charge in [-0.3, -0.25) is 9.10 Å². The maximum Gasteiger partial charge on any atom is 0.260 e. The molecule has 0 radical (unpaired) electrons. The van der Waals surface area contributed by atoms with Gasteiger partial charge in [0.2, 0.25) is 10.0 Å². The Balaban J connectivity index is 1.76. The average Bonchev–Trinajstić information content (AvgIpc) is 3.00. The van der Waals surface area contributed by atoms with Crippen LogP contribution in [0.2, 0.25) is 0 Å². The van der Waals surface area contributed by atoms with Crippen molar-refractivity contribution in [2.24, 2.45) is 5.10 Å². The highest BCUT2D eigenvalue weighted by molar-refractivity contribution is 9.11. The molecular formula is C22H22Br2N4O3S. The number of para-hydroxylation sites is 2. The summed E-state index contributed by atoms with van der Waals surface area (Å²) in [5.74, 6) is -0.554. The van der Waals surface area contributed by atoms with Crippen molar-refractivity contribution in [2.75, 3.05) is 17.1 Å². The third-order valence-electron chi connectivity index (χ3n) is 4.77. The molecule has 0 atom stereocenters. The number of hydrazone groups is 1. The van der Waals surface area contributed by atoms with Crippen LogP contribution >= 0.6 is 31.9 Å². The summed E-state index contributed by atoms with van der Waals surface area (Å²) in [5.41, 5.74) is 6.61. The molecule has 3 aromatic rings. The van der Waals surface area contributed by atoms with E-state index in [9.17, 15) is 13.2 Å². The van der Waals surface area contributed by atoms with Crippen LogP contribution in [0.25, 0.3) is 5.69 Å². The molecule has 0 unspecified atom stereocenters. The molecule has 0 bridgehead atoms. The molecule has 0 aliphatic heterocycles. The summed E-state index contributed by atoms with van der Waals surface area (Å²) in [6.07, 6.45) is 2.61. The molecule has 1 heterocycles. The predicted molar refractivity (Wildman–Crippen MR) is 135 cm³/mol. The van der Waals surface area contributed by atoms with Crippen LogP contribution in [0.5, 0.6) is 0 Å². The first kappa shape index (κ1) is 24.2. The minimum atomic E-state index is -3.67. The van der Waals surface area contributed by atoms with Gasteiger partial charge in [-0.25, -0.2) is 13.8 Å². The summed E-state index contributed by atoms with van der Waals surface area (Å²) in [5, 5.41) is 4.04. The summed E-state index contributed by atoms with van der Waals surface area (Å²) in [4.78, 5) is 12.4. The number of rotatable bonds is 7. The first-order valence-corrected chi connectivity index (χ1v) is 13.0. The summed E-state index contributed by atoms with van der Waals surface area (Å²) in [6, 6.07) is 16.7. The number of amides is 1. The number of carbonyl (C=O) groups is 1. The second kappa shape index (κ2) is 10.0. The van der Waals surface area contributed by atoms with E-state index in [0.29, 0.717) is 10.2 Å². The van der Waals surface area contributed by atoms with Gasteiger partial charge in [0.1, 0.15) is 6.54 Å². The zero-order valence-electron chi connectivity index (χ0n) is 17.7. The van der Waals surface area contributed by atoms with Gasteiger partial charge in [-0.2, -0.15) is 5.10 Å². The van der Waals surface area contributed by atoms with E-state index in [4.69, 9.17) is 0 Å². The smallest absolute Gasteiger partial charge is 0.260 e. The second-order valence-electron chi connectivity index (χ2n) is 7.13. The summed E-state index contributed by atoms with van der Waals surface area (Å²) < 4.78 is 29.1. The Morgan fingerprint density at radius 3 is 2.34 bits per heavy atom. The number of hydrogen-bond acceptors (Lipinski definition) is 4. The van der Waals surface area contributed by atoms with Crippen LogP contribution in [0.4, 0.5) is 5.69 Å². The maximum absolute atomic E-state index is 12.4. The van der Waals surface area contributed by atoms with E-state index < -0.39 is 22.5 Å². The average molecular weight is 582 g/mol. The van der Waals surface area contributed by atoms with Crippen LogP contribution in [0, 0.1) is 13.8 Å². The third kappa shape index (κ3) is 5.48. The molecule has 0 aliphatic rings. The highest BCUT2D eigenvalue weighted by Crippen LogP contribution is 2.28.